The Kier molecular flexibility index (Phi) is 44.8. The van der Waals surface area contributed by atoms with Crippen LogP contribution in [0.4, 0.5) is 0 Å². The number of hydrogen-bond donors (Lipinski definition) is 36. The van der Waals surface area contributed by atoms with E-state index in [1.807, 2.05) is 0 Å². The fraction of sp³-hybridized carbons (Fsp3) is 0.597. The van der Waals surface area contributed by atoms with Crippen molar-refractivity contribution >= 4 is 147 Å². The topological polar surface area (TPSA) is 925 Å². The monoisotopic (exact) mass is 1840 g/mol. The fourth-order valence-corrected chi connectivity index (χ4v) is 14.6. The lowest BCUT2D eigenvalue weighted by Crippen LogP contribution is -2.61. The molecule has 54 nitrogen and oxygen atoms in total. The Morgan fingerprint density at radius 1 is 0.359 bits per heavy atom. The van der Waals surface area contributed by atoms with Gasteiger partial charge in [-0.25, -0.2) is 0 Å². The van der Waals surface area contributed by atoms with Gasteiger partial charge in [-0.1, -0.05) is 18.2 Å². The van der Waals surface area contributed by atoms with E-state index in [0.29, 0.717) is 16.5 Å². The van der Waals surface area contributed by atoms with Crippen LogP contribution >= 0.6 is 0 Å². The number of aromatic nitrogens is 1. The quantitative estimate of drug-likeness (QED) is 0.0173. The average molecular weight is 1840 g/mol. The second kappa shape index (κ2) is 55.0. The molecule has 0 aliphatic carbocycles. The van der Waals surface area contributed by atoms with Gasteiger partial charge in [0.2, 0.25) is 94.5 Å². The van der Waals surface area contributed by atoms with E-state index in [9.17, 15) is 47.9 Å². The van der Waals surface area contributed by atoms with Crippen LogP contribution in [0.3, 0.4) is 0 Å². The largest absolute Gasteiger partial charge is 0.370 e. The lowest BCUT2D eigenvalue weighted by atomic mass is 10.0. The molecule has 1 aromatic carbocycles. The lowest BCUT2D eigenvalue weighted by Gasteiger charge is -2.34. The normalized spacial score (nSPS) is 23.1. The van der Waals surface area contributed by atoms with Gasteiger partial charge >= 0.3 is 0 Å². The number of H-pyrrole nitrogens is 1. The summed E-state index contributed by atoms with van der Waals surface area (Å²) in [6.07, 6.45) is -2.31. The molecule has 0 radical (unpaired) electrons. The molecule has 3 saturated heterocycles. The van der Waals surface area contributed by atoms with Crippen LogP contribution in [0.15, 0.2) is 30.5 Å². The van der Waals surface area contributed by atoms with Gasteiger partial charge < -0.3 is 167 Å². The highest BCUT2D eigenvalue weighted by molar-refractivity contribution is 6.02. The van der Waals surface area contributed by atoms with Crippen LogP contribution in [-0.4, -0.2) is 295 Å². The summed E-state index contributed by atoms with van der Waals surface area (Å²) < 4.78 is 0. The van der Waals surface area contributed by atoms with E-state index in [0.717, 1.165) is 0 Å². The Balaban J connectivity index is 1.69. The van der Waals surface area contributed by atoms with Crippen LogP contribution in [0.5, 0.6) is 0 Å². The van der Waals surface area contributed by atoms with Crippen molar-refractivity contribution in [3.05, 3.63) is 36.0 Å². The summed E-state index contributed by atoms with van der Waals surface area (Å²) in [5.74, 6) is -19.6. The van der Waals surface area contributed by atoms with Crippen molar-refractivity contribution in [2.24, 2.45) is 51.6 Å². The highest BCUT2D eigenvalue weighted by atomic mass is 16.2. The van der Waals surface area contributed by atoms with Gasteiger partial charge in [-0.2, -0.15) is 0 Å². The van der Waals surface area contributed by atoms with Crippen molar-refractivity contribution < 1.29 is 76.7 Å². The van der Waals surface area contributed by atoms with Gasteiger partial charge in [-0.3, -0.25) is 115 Å². The third kappa shape index (κ3) is 38.3. The summed E-state index contributed by atoms with van der Waals surface area (Å²) in [4.78, 5) is 239. The van der Waals surface area contributed by atoms with Crippen LogP contribution in [-0.2, 0) is 83.1 Å². The first kappa shape index (κ1) is 107. The standard InChI is InChI=1S/C77H130N38O16/c1-39-58(119)102-38-57(118)104-43(15-4-26-94-71(80)81)60(121)110-49(24-25-55(78)116)65(126)107-48(20-9-31-99-76(90)91)64(125)112-52(36-56(79)117)67(128)109-47(19-8-30-98-75(88)89)63(124)111-50(21-10-32-100-77(92)93)69(130)115-34-12-23-54(115)70(131)114-33-11-22-53(114)68(129)113-51(35-40-37-101-42-14-3-2-13-41(40)42)66(127)108-46(18-7-29-97-74(86)87)62(123)106-45(17-6-28-96-73(84)85)61(122)105-44(59(120)103-39)16-5-27-95-72(82)83/h2-3,13-14,37,39,43-54,101H,4-12,15-36,38H2,1H3,(H2,78,116)(H2,79,117)(H,102,119)(H,103,120)(H,104,118)(H,105,122)(H,106,123)(H,107,126)(H,108,127)(H,109,128)(H,110,121)(H,111,124)(H,112,125)(H,113,129)(H4,80,81,94)(H4,82,83,95)(H4,84,85,96)(H4,86,87,97)(H4,88,89,98)(H4,90,91,99)(H4,92,93,100)/t39-,43-,44-,45-,46-,47-,48-,49-,50-,51-,52-,53+,54-/m0/s1. The van der Waals surface area contributed by atoms with Crippen molar-refractivity contribution in [2.75, 3.05) is 65.4 Å². The van der Waals surface area contributed by atoms with Crippen LogP contribution < -0.4 is 153 Å². The molecule has 3 fully saturated rings. The van der Waals surface area contributed by atoms with Gasteiger partial charge in [-0.05, 0) is 141 Å². The zero-order chi connectivity index (χ0) is 97.0. The van der Waals surface area contributed by atoms with E-state index in [1.165, 1.54) is 16.7 Å². The molecule has 45 N–H and O–H groups in total. The van der Waals surface area contributed by atoms with Gasteiger partial charge in [0.05, 0.1) is 13.0 Å². The van der Waals surface area contributed by atoms with Crippen LogP contribution in [0.1, 0.15) is 147 Å². The first-order valence-electron chi connectivity index (χ1n) is 43.0. The summed E-state index contributed by atoms with van der Waals surface area (Å²) in [6.45, 7) is -0.209. The van der Waals surface area contributed by atoms with Gasteiger partial charge in [0.1, 0.15) is 78.5 Å². The van der Waals surface area contributed by atoms with E-state index in [1.54, 1.807) is 30.5 Å². The van der Waals surface area contributed by atoms with E-state index >= 15 is 28.8 Å². The highest BCUT2D eigenvalue weighted by Gasteiger charge is 2.46. The number of carbonyl (C=O) groups is 16. The van der Waals surface area contributed by atoms with E-state index in [-0.39, 0.29) is 181 Å². The van der Waals surface area contributed by atoms with Gasteiger partial charge in [0.15, 0.2) is 41.7 Å². The summed E-state index contributed by atoms with van der Waals surface area (Å²) in [5.41, 5.74) is 51.4. The van der Waals surface area contributed by atoms with Gasteiger partial charge in [0, 0.05) is 88.8 Å². The summed E-state index contributed by atoms with van der Waals surface area (Å²) in [6, 6.07) is -13.8. The second-order valence-electron chi connectivity index (χ2n) is 31.6. The number of nitrogens with zero attached hydrogens (tertiary/aromatic N) is 2. The Hall–Kier alpha value is -14.8. The summed E-state index contributed by atoms with van der Waals surface area (Å²) in [7, 11) is 0. The molecule has 0 unspecified atom stereocenters. The van der Waals surface area contributed by atoms with Crippen molar-refractivity contribution in [3.8, 4) is 0 Å². The van der Waals surface area contributed by atoms with E-state index in [4.69, 9.17) is 89.5 Å². The van der Waals surface area contributed by atoms with E-state index < -0.39 is 241 Å². The third-order valence-corrected chi connectivity index (χ3v) is 21.2. The predicted octanol–water partition coefficient (Wildman–Crippen LogP) is -11.8. The second-order valence-corrected chi connectivity index (χ2v) is 31.6. The van der Waals surface area contributed by atoms with Gasteiger partial charge in [-0.15, -0.1) is 0 Å². The average Bonchev–Trinajstić information content (AvgIpc) is 1.65. The minimum Gasteiger partial charge on any atom is -0.370 e. The number of aromatic amines is 1. The maximum absolute atomic E-state index is 15.4. The Morgan fingerprint density at radius 3 is 1.05 bits per heavy atom. The number of guanidine groups is 7. The number of nitrogens with two attached hydrogens (primary N) is 9. The van der Waals surface area contributed by atoms with Crippen molar-refractivity contribution in [3.63, 3.8) is 0 Å². The molecule has 0 bridgehead atoms. The minimum absolute atomic E-state index is 0.00775. The van der Waals surface area contributed by atoms with Crippen LogP contribution in [0.25, 0.3) is 10.9 Å². The molecular weight excluding hydrogens is 1710 g/mol. The first-order chi connectivity index (χ1) is 62.1. The molecular formula is C77H130N38O16. The molecule has 4 heterocycles. The number of hydrogen-bond acceptors (Lipinski definition) is 23. The van der Waals surface area contributed by atoms with Gasteiger partial charge in [0.25, 0.3) is 0 Å². The first-order valence-corrected chi connectivity index (χ1v) is 43.0. The Morgan fingerprint density at radius 2 is 0.672 bits per heavy atom. The number of rotatable bonds is 35. The molecule has 54 heteroatoms. The molecule has 131 heavy (non-hydrogen) atoms. The maximum atomic E-state index is 15.4. The van der Waals surface area contributed by atoms with Crippen molar-refractivity contribution in [1.82, 2.24) is 116 Å². The molecule has 3 aliphatic rings. The molecule has 724 valence electrons. The maximum Gasteiger partial charge on any atom is 0.246 e. The highest BCUT2D eigenvalue weighted by Crippen LogP contribution is 2.28. The number of benzene rings is 1. The number of para-hydroxylation sites is 1. The third-order valence-electron chi connectivity index (χ3n) is 21.2. The number of carbonyl (C=O) groups excluding carboxylic acids is 16. The molecule has 5 rings (SSSR count). The molecule has 13 atom stereocenters. The van der Waals surface area contributed by atoms with Crippen molar-refractivity contribution in [2.45, 2.75) is 227 Å². The molecule has 0 spiro atoms. The Bertz CT molecular complexity index is 4410. The zero-order valence-electron chi connectivity index (χ0n) is 73.1. The summed E-state index contributed by atoms with van der Waals surface area (Å²) >= 11 is 0. The number of nitrogens with one attached hydrogen (secondary N) is 27. The Labute approximate surface area is 754 Å². The SMILES string of the molecule is C[C@@H]1NC(=O)[C@H](CCCNC(=N)N)NC(=O)[C@H](CCCNC(=N)N)NC(=O)[C@H](CCCNC(=N)N)NC(=O)[C@H](Cc2c[nH]c3ccccc23)NC(=O)[C@H]2CCCN2C(=O)[C@@H]2CCCN2C(=O)[C@H](CCCNC(=N)N)NC(=O)[C@H](CCCNC(=N)N)NC(=O)[C@H](CC(N)=O)NC(=O)[C@H](CCCNC(=N)N)NC(=O)[C@H](CCC(N)=O)NC(=O)[C@H](CCCNC(=N)N)NC(=O)CNC1=O. The minimum atomic E-state index is -1.99. The summed E-state index contributed by atoms with van der Waals surface area (Å²) in [5, 5.41) is 104. The predicted molar refractivity (Wildman–Crippen MR) is 478 cm³/mol. The smallest absolute Gasteiger partial charge is 0.246 e. The molecule has 1 aromatic heterocycles. The molecule has 2 aromatic rings. The number of amides is 16. The zero-order valence-corrected chi connectivity index (χ0v) is 73.1. The fourth-order valence-electron chi connectivity index (χ4n) is 14.6. The molecule has 16 amide bonds. The number of primary amides is 2. The molecule has 0 saturated carbocycles. The van der Waals surface area contributed by atoms with Crippen molar-refractivity contribution in [1.29, 1.82) is 37.9 Å². The lowest BCUT2D eigenvalue weighted by molar-refractivity contribution is -0.148. The van der Waals surface area contributed by atoms with Crippen LogP contribution in [0, 0.1) is 37.9 Å². The number of fused-ring (bicyclic) bond motifs is 3. The van der Waals surface area contributed by atoms with Crippen LogP contribution in [0.2, 0.25) is 0 Å². The van der Waals surface area contributed by atoms with E-state index in [2.05, 4.69) is 106 Å². The molecule has 3 aliphatic heterocycles.